The lowest BCUT2D eigenvalue weighted by Gasteiger charge is -2.34. The summed E-state index contributed by atoms with van der Waals surface area (Å²) >= 11 is 1.44. The number of hydrogen-bond donors (Lipinski definition) is 1. The second-order valence-corrected chi connectivity index (χ2v) is 7.75. The number of thioether (sulfide) groups is 1. The molecule has 0 unspecified atom stereocenters. The van der Waals surface area contributed by atoms with Crippen LogP contribution in [0.25, 0.3) is 16.5 Å². The number of nitrogens with zero attached hydrogens (tertiary/aromatic N) is 3. The monoisotopic (exact) mass is 398 g/mol. The van der Waals surface area contributed by atoms with Crippen LogP contribution in [0.5, 0.6) is 0 Å². The van der Waals surface area contributed by atoms with Crippen molar-refractivity contribution in [1.82, 2.24) is 10.3 Å². The van der Waals surface area contributed by atoms with Gasteiger partial charge in [-0.05, 0) is 16.8 Å². The van der Waals surface area contributed by atoms with Crippen molar-refractivity contribution in [3.8, 4) is 0 Å². The Balaban J connectivity index is 1.76. The van der Waals surface area contributed by atoms with Crippen LogP contribution >= 0.6 is 11.8 Å². The van der Waals surface area contributed by atoms with Crippen LogP contribution in [0.1, 0.15) is 11.7 Å². The first-order chi connectivity index (χ1) is 14.3. The predicted molar refractivity (Wildman–Crippen MR) is 117 cm³/mol. The van der Waals surface area contributed by atoms with Crippen molar-refractivity contribution in [2.24, 2.45) is 10.1 Å². The molecule has 0 saturated heterocycles. The maximum Gasteiger partial charge on any atom is 0.276 e. The second kappa shape index (κ2) is 7.22. The van der Waals surface area contributed by atoms with E-state index in [2.05, 4.69) is 36.2 Å². The Bertz CT molecular complexity index is 1290. The molecule has 6 heteroatoms. The highest BCUT2D eigenvalue weighted by Crippen LogP contribution is 2.34. The van der Waals surface area contributed by atoms with Crippen molar-refractivity contribution in [3.05, 3.63) is 95.5 Å². The van der Waals surface area contributed by atoms with Crippen molar-refractivity contribution < 1.29 is 4.79 Å². The van der Waals surface area contributed by atoms with Crippen LogP contribution in [0, 0.1) is 0 Å². The minimum absolute atomic E-state index is 0.167. The zero-order chi connectivity index (χ0) is 19.8. The predicted octanol–water partition coefficient (Wildman–Crippen LogP) is 2.90. The van der Waals surface area contributed by atoms with E-state index in [0.717, 1.165) is 26.9 Å². The Morgan fingerprint density at radius 2 is 1.86 bits per heavy atom. The van der Waals surface area contributed by atoms with E-state index in [0.29, 0.717) is 16.6 Å². The lowest BCUT2D eigenvalue weighted by molar-refractivity contribution is -0.116. The third kappa shape index (κ3) is 3.02. The first-order valence-corrected chi connectivity index (χ1v) is 10.3. The van der Waals surface area contributed by atoms with E-state index in [-0.39, 0.29) is 5.91 Å². The largest absolute Gasteiger partial charge is 0.298 e. The molecule has 0 aliphatic carbocycles. The molecule has 5 nitrogen and oxygen atoms in total. The molecule has 3 aromatic rings. The van der Waals surface area contributed by atoms with Gasteiger partial charge >= 0.3 is 0 Å². The molecule has 2 aliphatic heterocycles. The van der Waals surface area contributed by atoms with Crippen LogP contribution in [-0.2, 0) is 4.79 Å². The van der Waals surface area contributed by atoms with E-state index in [1.54, 1.807) is 11.1 Å². The lowest BCUT2D eigenvalue weighted by Crippen LogP contribution is -2.50. The molecule has 0 fully saturated rings. The van der Waals surface area contributed by atoms with E-state index in [1.807, 2.05) is 42.5 Å². The smallest absolute Gasteiger partial charge is 0.276 e. The number of hydrogen-bond acceptors (Lipinski definition) is 5. The number of benzene rings is 3. The van der Waals surface area contributed by atoms with Gasteiger partial charge in [0.15, 0.2) is 11.3 Å². The summed E-state index contributed by atoms with van der Waals surface area (Å²) in [5.41, 5.74) is 1.54. The number of carbonyl (C=O) groups excluding carboxylic acids is 1. The normalized spacial score (nSPS) is 17.7. The van der Waals surface area contributed by atoms with Crippen LogP contribution in [0.3, 0.4) is 0 Å². The summed E-state index contributed by atoms with van der Waals surface area (Å²) in [6.07, 6.45) is 1.37. The molecule has 0 saturated carbocycles. The van der Waals surface area contributed by atoms with Crippen LogP contribution < -0.4 is 15.9 Å². The van der Waals surface area contributed by atoms with E-state index in [1.165, 1.54) is 11.8 Å². The molecule has 3 aromatic carbocycles. The number of fused-ring (bicyclic) bond motifs is 3. The van der Waals surface area contributed by atoms with Crippen LogP contribution in [0.15, 0.2) is 89.5 Å². The highest BCUT2D eigenvalue weighted by Gasteiger charge is 2.34. The van der Waals surface area contributed by atoms with Gasteiger partial charge in [0.2, 0.25) is 0 Å². The standard InChI is InChI=1S/C23H18N4OS/c1-2-14-29-23-25-22(28)20-18-11-5-6-13-19(18)24-21(27(20)26-23)17-12-7-9-15-8-3-4-10-16(15)17/h2-13,21H,1,14H2,(H,25,26,28)/t21-/m1/s1. The van der Waals surface area contributed by atoms with Gasteiger partial charge in [-0.25, -0.2) is 5.01 Å². The molecule has 5 rings (SSSR count). The maximum absolute atomic E-state index is 13.1. The van der Waals surface area contributed by atoms with Gasteiger partial charge in [0.25, 0.3) is 5.91 Å². The zero-order valence-electron chi connectivity index (χ0n) is 15.6. The molecular weight excluding hydrogens is 380 g/mol. The molecule has 0 radical (unpaired) electrons. The van der Waals surface area contributed by atoms with Gasteiger partial charge in [-0.15, -0.1) is 11.7 Å². The molecule has 142 valence electrons. The molecule has 2 heterocycles. The molecule has 0 bridgehead atoms. The Labute approximate surface area is 172 Å². The Morgan fingerprint density at radius 1 is 1.07 bits per heavy atom. The van der Waals surface area contributed by atoms with Gasteiger partial charge in [0, 0.05) is 16.5 Å². The van der Waals surface area contributed by atoms with Gasteiger partial charge in [-0.3, -0.25) is 15.1 Å². The summed E-state index contributed by atoms with van der Waals surface area (Å²) in [4.78, 5) is 18.0. The number of nitrogens with one attached hydrogen (secondary N) is 1. The summed E-state index contributed by atoms with van der Waals surface area (Å²) < 4.78 is 0. The van der Waals surface area contributed by atoms with Crippen molar-refractivity contribution in [1.29, 1.82) is 0 Å². The third-order valence-corrected chi connectivity index (χ3v) is 5.81. The van der Waals surface area contributed by atoms with E-state index in [4.69, 9.17) is 10.1 Å². The SMILES string of the molecule is C=CCSC1=NN2C(=c3ccccc3=N[C@H]2c2cccc3ccccc23)C(=O)N1. The van der Waals surface area contributed by atoms with Gasteiger partial charge in [0.05, 0.1) is 5.36 Å². The van der Waals surface area contributed by atoms with Gasteiger partial charge < -0.3 is 0 Å². The fraction of sp³-hybridized carbons (Fsp3) is 0.0870. The van der Waals surface area contributed by atoms with Crippen LogP contribution in [-0.4, -0.2) is 21.8 Å². The summed E-state index contributed by atoms with van der Waals surface area (Å²) in [5, 5.41) is 13.8. The average molecular weight is 398 g/mol. The molecular formula is C23H18N4OS. The number of amides is 1. The summed E-state index contributed by atoms with van der Waals surface area (Å²) in [5.74, 6) is 0.494. The number of amidine groups is 1. The van der Waals surface area contributed by atoms with E-state index < -0.39 is 6.17 Å². The molecule has 29 heavy (non-hydrogen) atoms. The quantitative estimate of drug-likeness (QED) is 0.691. The number of rotatable bonds is 3. The highest BCUT2D eigenvalue weighted by molar-refractivity contribution is 8.14. The van der Waals surface area contributed by atoms with Crippen molar-refractivity contribution in [2.75, 3.05) is 5.75 Å². The first kappa shape index (κ1) is 17.7. The highest BCUT2D eigenvalue weighted by atomic mass is 32.2. The minimum Gasteiger partial charge on any atom is -0.298 e. The second-order valence-electron chi connectivity index (χ2n) is 6.74. The molecule has 1 atom stereocenters. The molecule has 1 amide bonds. The summed E-state index contributed by atoms with van der Waals surface area (Å²) in [6.45, 7) is 3.75. The summed E-state index contributed by atoms with van der Waals surface area (Å²) in [6, 6.07) is 22.1. The van der Waals surface area contributed by atoms with Gasteiger partial charge in [-0.2, -0.15) is 0 Å². The average Bonchev–Trinajstić information content (AvgIpc) is 2.76. The lowest BCUT2D eigenvalue weighted by atomic mass is 10.0. The van der Waals surface area contributed by atoms with Gasteiger partial charge in [-0.1, -0.05) is 78.5 Å². The van der Waals surface area contributed by atoms with Crippen molar-refractivity contribution >= 4 is 39.3 Å². The van der Waals surface area contributed by atoms with Crippen LogP contribution in [0.4, 0.5) is 0 Å². The number of hydrazone groups is 1. The topological polar surface area (TPSA) is 57.1 Å². The molecule has 1 N–H and O–H groups in total. The number of carbonyl (C=O) groups is 1. The van der Waals surface area contributed by atoms with Gasteiger partial charge in [0.1, 0.15) is 5.70 Å². The zero-order valence-corrected chi connectivity index (χ0v) is 16.4. The molecule has 2 aliphatic rings. The molecule has 0 spiro atoms. The Hall–Kier alpha value is -3.38. The fourth-order valence-corrected chi connectivity index (χ4v) is 4.29. The van der Waals surface area contributed by atoms with Crippen molar-refractivity contribution in [2.45, 2.75) is 6.17 Å². The summed E-state index contributed by atoms with van der Waals surface area (Å²) in [7, 11) is 0. The van der Waals surface area contributed by atoms with Crippen LogP contribution in [0.2, 0.25) is 0 Å². The van der Waals surface area contributed by atoms with E-state index in [9.17, 15) is 4.79 Å². The number of para-hydroxylation sites is 1. The third-order valence-electron chi connectivity index (χ3n) is 4.95. The Morgan fingerprint density at radius 3 is 2.76 bits per heavy atom. The molecule has 0 aromatic heterocycles. The minimum atomic E-state index is -0.420. The maximum atomic E-state index is 13.1. The fourth-order valence-electron chi connectivity index (χ4n) is 3.71. The first-order valence-electron chi connectivity index (χ1n) is 9.34. The van der Waals surface area contributed by atoms with E-state index >= 15 is 0 Å². The Kier molecular flexibility index (Phi) is 4.41. The van der Waals surface area contributed by atoms with Crippen molar-refractivity contribution in [3.63, 3.8) is 0 Å².